The fourth-order valence-electron chi connectivity index (χ4n) is 1.43. The minimum absolute atomic E-state index is 0.0924. The van der Waals surface area contributed by atoms with E-state index < -0.39 is 5.82 Å². The predicted molar refractivity (Wildman–Crippen MR) is 64.7 cm³/mol. The van der Waals surface area contributed by atoms with E-state index in [-0.39, 0.29) is 5.02 Å². The smallest absolute Gasteiger partial charge is 0.213 e. The summed E-state index contributed by atoms with van der Waals surface area (Å²) < 4.78 is 18.9. The lowest BCUT2D eigenvalue weighted by Gasteiger charge is -2.05. The lowest BCUT2D eigenvalue weighted by molar-refractivity contribution is 0.478. The van der Waals surface area contributed by atoms with Gasteiger partial charge in [-0.1, -0.05) is 17.7 Å². The van der Waals surface area contributed by atoms with Crippen molar-refractivity contribution in [1.29, 1.82) is 0 Å². The minimum Gasteiger partial charge on any atom is -0.444 e. The highest BCUT2D eigenvalue weighted by molar-refractivity contribution is 6.31. The summed E-state index contributed by atoms with van der Waals surface area (Å²) in [7, 11) is 0. The zero-order valence-electron chi connectivity index (χ0n) is 9.55. The topological polar surface area (TPSA) is 38.1 Å². The van der Waals surface area contributed by atoms with Gasteiger partial charge in [0.2, 0.25) is 5.89 Å². The van der Waals surface area contributed by atoms with E-state index in [4.69, 9.17) is 16.0 Å². The van der Waals surface area contributed by atoms with Crippen molar-refractivity contribution >= 4 is 17.3 Å². The van der Waals surface area contributed by atoms with Crippen LogP contribution in [0.1, 0.15) is 17.3 Å². The molecule has 1 N–H and O–H groups in total. The molecule has 0 aliphatic carbocycles. The molecule has 2 rings (SSSR count). The van der Waals surface area contributed by atoms with Crippen molar-refractivity contribution < 1.29 is 8.81 Å². The first kappa shape index (κ1) is 11.9. The second kappa shape index (κ2) is 4.75. The largest absolute Gasteiger partial charge is 0.444 e. The number of oxazole rings is 1. The Balaban J connectivity index is 2.10. The molecule has 0 spiro atoms. The number of anilines is 1. The van der Waals surface area contributed by atoms with Gasteiger partial charge in [0.1, 0.15) is 5.76 Å². The molecular formula is C12H12ClFN2O. The number of rotatable bonds is 3. The van der Waals surface area contributed by atoms with Crippen LogP contribution in [0.2, 0.25) is 5.02 Å². The summed E-state index contributed by atoms with van der Waals surface area (Å²) in [5.74, 6) is 0.835. The number of hydrogen-bond acceptors (Lipinski definition) is 3. The van der Waals surface area contributed by atoms with E-state index in [1.165, 1.54) is 6.07 Å². The van der Waals surface area contributed by atoms with E-state index in [1.807, 2.05) is 13.8 Å². The van der Waals surface area contributed by atoms with Crippen LogP contribution in [0, 0.1) is 19.7 Å². The first-order valence-electron chi connectivity index (χ1n) is 5.18. The Morgan fingerprint density at radius 3 is 2.82 bits per heavy atom. The van der Waals surface area contributed by atoms with Crippen molar-refractivity contribution in [1.82, 2.24) is 4.98 Å². The van der Waals surface area contributed by atoms with Crippen molar-refractivity contribution in [3.8, 4) is 0 Å². The molecular weight excluding hydrogens is 243 g/mol. The van der Waals surface area contributed by atoms with Crippen LogP contribution >= 0.6 is 11.6 Å². The average molecular weight is 255 g/mol. The molecule has 0 saturated heterocycles. The van der Waals surface area contributed by atoms with Gasteiger partial charge in [0, 0.05) is 0 Å². The standard InChI is InChI=1S/C12H12ClFN2O/c1-7-8(2)17-11(16-7)6-15-10-5-3-4-9(13)12(10)14/h3-5,15H,6H2,1-2H3. The molecule has 0 fully saturated rings. The van der Waals surface area contributed by atoms with E-state index in [9.17, 15) is 4.39 Å². The summed E-state index contributed by atoms with van der Waals surface area (Å²) in [6.45, 7) is 4.03. The fraction of sp³-hybridized carbons (Fsp3) is 0.250. The van der Waals surface area contributed by atoms with E-state index in [0.717, 1.165) is 11.5 Å². The van der Waals surface area contributed by atoms with Gasteiger partial charge < -0.3 is 9.73 Å². The second-order valence-electron chi connectivity index (χ2n) is 3.70. The van der Waals surface area contributed by atoms with Gasteiger partial charge in [-0.05, 0) is 26.0 Å². The van der Waals surface area contributed by atoms with Gasteiger partial charge in [0.05, 0.1) is 22.9 Å². The summed E-state index contributed by atoms with van der Waals surface area (Å²) in [6, 6.07) is 4.80. The Bertz CT molecular complexity index is 520. The highest BCUT2D eigenvalue weighted by atomic mass is 35.5. The zero-order valence-corrected chi connectivity index (χ0v) is 10.3. The van der Waals surface area contributed by atoms with Crippen molar-refractivity contribution in [2.75, 3.05) is 5.32 Å². The Kier molecular flexibility index (Phi) is 3.33. The summed E-state index contributed by atoms with van der Waals surface area (Å²) in [4.78, 5) is 4.19. The molecule has 17 heavy (non-hydrogen) atoms. The number of aryl methyl sites for hydroxylation is 2. The van der Waals surface area contributed by atoms with Crippen molar-refractivity contribution in [2.45, 2.75) is 20.4 Å². The molecule has 0 unspecified atom stereocenters. The summed E-state index contributed by atoms with van der Waals surface area (Å²) in [5.41, 5.74) is 1.18. The summed E-state index contributed by atoms with van der Waals surface area (Å²) >= 11 is 5.67. The fourth-order valence-corrected chi connectivity index (χ4v) is 1.60. The molecule has 0 aliphatic heterocycles. The highest BCUT2D eigenvalue weighted by Crippen LogP contribution is 2.22. The number of hydrogen-bond donors (Lipinski definition) is 1. The first-order chi connectivity index (χ1) is 8.08. The quantitative estimate of drug-likeness (QED) is 0.908. The predicted octanol–water partition coefficient (Wildman–Crippen LogP) is 3.70. The number of benzene rings is 1. The number of halogens is 2. The maximum absolute atomic E-state index is 13.5. The van der Waals surface area contributed by atoms with Crippen molar-refractivity contribution in [3.05, 3.63) is 46.4 Å². The first-order valence-corrected chi connectivity index (χ1v) is 5.56. The van der Waals surface area contributed by atoms with Gasteiger partial charge in [0.25, 0.3) is 0 Å². The van der Waals surface area contributed by atoms with Crippen LogP contribution in [0.25, 0.3) is 0 Å². The molecule has 1 aromatic carbocycles. The molecule has 0 saturated carbocycles. The molecule has 2 aromatic rings. The molecule has 5 heteroatoms. The van der Waals surface area contributed by atoms with Crippen LogP contribution in [0.4, 0.5) is 10.1 Å². The van der Waals surface area contributed by atoms with E-state index in [2.05, 4.69) is 10.3 Å². The SMILES string of the molecule is Cc1nc(CNc2cccc(Cl)c2F)oc1C. The van der Waals surface area contributed by atoms with E-state index >= 15 is 0 Å². The van der Waals surface area contributed by atoms with Crippen molar-refractivity contribution in [2.24, 2.45) is 0 Å². The third kappa shape index (κ3) is 2.58. The van der Waals surface area contributed by atoms with Crippen molar-refractivity contribution in [3.63, 3.8) is 0 Å². The van der Waals surface area contributed by atoms with Gasteiger partial charge in [-0.2, -0.15) is 0 Å². The molecule has 0 amide bonds. The highest BCUT2D eigenvalue weighted by Gasteiger charge is 2.08. The average Bonchev–Trinajstić information content (AvgIpc) is 2.61. The molecule has 0 bridgehead atoms. The summed E-state index contributed by atoms with van der Waals surface area (Å²) in [6.07, 6.45) is 0. The van der Waals surface area contributed by atoms with Crippen LogP contribution in [0.15, 0.2) is 22.6 Å². The molecule has 0 atom stereocenters. The van der Waals surface area contributed by atoms with E-state index in [0.29, 0.717) is 18.1 Å². The monoisotopic (exact) mass is 254 g/mol. The number of nitrogens with one attached hydrogen (secondary N) is 1. The van der Waals surface area contributed by atoms with Crippen LogP contribution in [0.5, 0.6) is 0 Å². The Morgan fingerprint density at radius 2 is 2.18 bits per heavy atom. The third-order valence-corrected chi connectivity index (χ3v) is 2.75. The van der Waals surface area contributed by atoms with Gasteiger partial charge in [-0.3, -0.25) is 0 Å². The minimum atomic E-state index is -0.464. The third-order valence-electron chi connectivity index (χ3n) is 2.45. The maximum Gasteiger partial charge on any atom is 0.213 e. The van der Waals surface area contributed by atoms with Crippen LogP contribution in [-0.2, 0) is 6.54 Å². The van der Waals surface area contributed by atoms with E-state index in [1.54, 1.807) is 12.1 Å². The molecule has 0 aliphatic rings. The molecule has 0 radical (unpaired) electrons. The van der Waals surface area contributed by atoms with Gasteiger partial charge in [-0.25, -0.2) is 9.37 Å². The van der Waals surface area contributed by atoms with Gasteiger partial charge in [0.15, 0.2) is 5.82 Å². The molecule has 3 nitrogen and oxygen atoms in total. The second-order valence-corrected chi connectivity index (χ2v) is 4.11. The maximum atomic E-state index is 13.5. The lowest BCUT2D eigenvalue weighted by Crippen LogP contribution is -2.01. The zero-order chi connectivity index (χ0) is 12.4. The molecule has 1 aromatic heterocycles. The molecule has 90 valence electrons. The number of nitrogens with zero attached hydrogens (tertiary/aromatic N) is 1. The Morgan fingerprint density at radius 1 is 1.41 bits per heavy atom. The van der Waals surface area contributed by atoms with Gasteiger partial charge in [-0.15, -0.1) is 0 Å². The molecule has 1 heterocycles. The van der Waals surface area contributed by atoms with Crippen LogP contribution in [-0.4, -0.2) is 4.98 Å². The van der Waals surface area contributed by atoms with Crippen LogP contribution in [0.3, 0.4) is 0 Å². The lowest BCUT2D eigenvalue weighted by atomic mass is 10.3. The van der Waals surface area contributed by atoms with Gasteiger partial charge >= 0.3 is 0 Å². The summed E-state index contributed by atoms with van der Waals surface area (Å²) in [5, 5.41) is 2.99. The Hall–Kier alpha value is -1.55. The Labute approximate surface area is 104 Å². The normalized spacial score (nSPS) is 10.6. The number of aromatic nitrogens is 1. The van der Waals surface area contributed by atoms with Crippen LogP contribution < -0.4 is 5.32 Å².